The van der Waals surface area contributed by atoms with Crippen LogP contribution in [0.5, 0.6) is 11.5 Å². The normalized spacial score (nSPS) is 10.0. The molecule has 0 amide bonds. The van der Waals surface area contributed by atoms with Gasteiger partial charge in [-0.25, -0.2) is 4.79 Å². The lowest BCUT2D eigenvalue weighted by molar-refractivity contribution is 0.0694. The molecular weight excluding hydrogens is 292 g/mol. The van der Waals surface area contributed by atoms with E-state index in [0.717, 1.165) is 0 Å². The zero-order valence-electron chi connectivity index (χ0n) is 11.3. The Balaban J connectivity index is 2.53. The summed E-state index contributed by atoms with van der Waals surface area (Å²) in [7, 11) is 0. The highest BCUT2D eigenvalue weighted by Gasteiger charge is 2.16. The summed E-state index contributed by atoms with van der Waals surface area (Å²) in [5.41, 5.74) is 1.40. The third-order valence-electron chi connectivity index (χ3n) is 2.80. The molecule has 0 aliphatic rings. The van der Waals surface area contributed by atoms with Crippen molar-refractivity contribution in [1.82, 2.24) is 4.98 Å². The summed E-state index contributed by atoms with van der Waals surface area (Å²) in [5.74, 6) is -0.769. The van der Waals surface area contributed by atoms with Gasteiger partial charge in [0.25, 0.3) is 0 Å². The van der Waals surface area contributed by atoms with Gasteiger partial charge in [-0.05, 0) is 32.0 Å². The first-order valence-electron chi connectivity index (χ1n) is 6.01. The van der Waals surface area contributed by atoms with Crippen molar-refractivity contribution in [2.75, 3.05) is 0 Å². The zero-order valence-corrected chi connectivity index (χ0v) is 12.1. The predicted molar refractivity (Wildman–Crippen MR) is 76.9 cm³/mol. The number of aromatic carboxylic acids is 1. The van der Waals surface area contributed by atoms with Gasteiger partial charge in [0, 0.05) is 16.8 Å². The standard InChI is InChI=1S/C15H11ClN2O3/c1-8-5-14(12(7-17)9(2)18-8)21-13-4-3-10(16)6-11(13)15(19)20/h3-6H,1-2H3,(H,19,20). The van der Waals surface area contributed by atoms with E-state index in [4.69, 9.17) is 16.3 Å². The number of carboxylic acids is 1. The van der Waals surface area contributed by atoms with E-state index in [1.54, 1.807) is 19.9 Å². The highest BCUT2D eigenvalue weighted by molar-refractivity contribution is 6.31. The lowest BCUT2D eigenvalue weighted by Gasteiger charge is -2.12. The maximum Gasteiger partial charge on any atom is 0.339 e. The number of pyridine rings is 1. The molecule has 1 heterocycles. The molecular formula is C15H11ClN2O3. The van der Waals surface area contributed by atoms with Gasteiger partial charge < -0.3 is 9.84 Å². The van der Waals surface area contributed by atoms with Gasteiger partial charge in [-0.3, -0.25) is 4.98 Å². The molecule has 0 spiro atoms. The number of carbonyl (C=O) groups is 1. The summed E-state index contributed by atoms with van der Waals surface area (Å²) >= 11 is 5.79. The Bertz CT molecular complexity index is 766. The number of nitriles is 1. The molecule has 1 aromatic heterocycles. The summed E-state index contributed by atoms with van der Waals surface area (Å²) in [5, 5.41) is 18.7. The highest BCUT2D eigenvalue weighted by atomic mass is 35.5. The van der Waals surface area contributed by atoms with E-state index in [9.17, 15) is 15.2 Å². The molecule has 6 heteroatoms. The number of carboxylic acid groups (broad SMARTS) is 1. The number of hydrogen-bond acceptors (Lipinski definition) is 4. The third kappa shape index (κ3) is 3.12. The maximum absolute atomic E-state index is 11.2. The summed E-state index contributed by atoms with van der Waals surface area (Å²) in [6.07, 6.45) is 0. The number of nitrogens with zero attached hydrogens (tertiary/aromatic N) is 2. The highest BCUT2D eigenvalue weighted by Crippen LogP contribution is 2.31. The van der Waals surface area contributed by atoms with Crippen molar-refractivity contribution in [3.8, 4) is 17.6 Å². The smallest absolute Gasteiger partial charge is 0.339 e. The van der Waals surface area contributed by atoms with Gasteiger partial charge in [0.1, 0.15) is 28.7 Å². The summed E-state index contributed by atoms with van der Waals surface area (Å²) < 4.78 is 5.61. The van der Waals surface area contributed by atoms with Crippen molar-refractivity contribution in [3.63, 3.8) is 0 Å². The second kappa shape index (κ2) is 5.81. The molecule has 0 unspecified atom stereocenters. The number of halogens is 1. The Morgan fingerprint density at radius 3 is 2.67 bits per heavy atom. The molecule has 0 saturated heterocycles. The van der Waals surface area contributed by atoms with E-state index in [2.05, 4.69) is 4.98 Å². The van der Waals surface area contributed by atoms with Crippen molar-refractivity contribution in [2.24, 2.45) is 0 Å². The maximum atomic E-state index is 11.2. The molecule has 0 radical (unpaired) electrons. The van der Waals surface area contributed by atoms with E-state index in [0.29, 0.717) is 16.4 Å². The predicted octanol–water partition coefficient (Wildman–Crippen LogP) is 3.71. The largest absolute Gasteiger partial charge is 0.478 e. The van der Waals surface area contributed by atoms with Crippen molar-refractivity contribution in [3.05, 3.63) is 51.8 Å². The minimum atomic E-state index is -1.16. The lowest BCUT2D eigenvalue weighted by atomic mass is 10.1. The van der Waals surface area contributed by atoms with E-state index < -0.39 is 5.97 Å². The fourth-order valence-corrected chi connectivity index (χ4v) is 2.06. The molecule has 0 aliphatic carbocycles. The van der Waals surface area contributed by atoms with Crippen LogP contribution in [0.2, 0.25) is 5.02 Å². The molecule has 0 fully saturated rings. The third-order valence-corrected chi connectivity index (χ3v) is 3.03. The Morgan fingerprint density at radius 2 is 2.05 bits per heavy atom. The van der Waals surface area contributed by atoms with Crippen LogP contribution < -0.4 is 4.74 Å². The number of aryl methyl sites for hydroxylation is 2. The van der Waals surface area contributed by atoms with Gasteiger partial charge in [0.05, 0.1) is 5.69 Å². The Hall–Kier alpha value is -2.58. The van der Waals surface area contributed by atoms with Crippen molar-refractivity contribution in [2.45, 2.75) is 13.8 Å². The molecule has 0 aliphatic heterocycles. The van der Waals surface area contributed by atoms with E-state index in [1.165, 1.54) is 18.2 Å². The van der Waals surface area contributed by atoms with Gasteiger partial charge in [-0.2, -0.15) is 5.26 Å². The van der Waals surface area contributed by atoms with E-state index in [-0.39, 0.29) is 22.6 Å². The van der Waals surface area contributed by atoms with E-state index in [1.807, 2.05) is 6.07 Å². The number of aromatic nitrogens is 1. The summed E-state index contributed by atoms with van der Waals surface area (Å²) in [6.45, 7) is 3.46. The van der Waals surface area contributed by atoms with Crippen LogP contribution in [0, 0.1) is 25.2 Å². The molecule has 21 heavy (non-hydrogen) atoms. The second-order valence-corrected chi connectivity index (χ2v) is 4.82. The monoisotopic (exact) mass is 302 g/mol. The van der Waals surface area contributed by atoms with Gasteiger partial charge >= 0.3 is 5.97 Å². The first-order chi connectivity index (χ1) is 9.92. The van der Waals surface area contributed by atoms with Crippen molar-refractivity contribution in [1.29, 1.82) is 5.26 Å². The molecule has 5 nitrogen and oxygen atoms in total. The van der Waals surface area contributed by atoms with Crippen LogP contribution in [0.25, 0.3) is 0 Å². The molecule has 0 bridgehead atoms. The van der Waals surface area contributed by atoms with Crippen LogP contribution in [-0.2, 0) is 0 Å². The number of benzene rings is 1. The van der Waals surface area contributed by atoms with Crippen molar-refractivity contribution < 1.29 is 14.6 Å². The van der Waals surface area contributed by atoms with E-state index >= 15 is 0 Å². The number of ether oxygens (including phenoxy) is 1. The molecule has 0 atom stereocenters. The average molecular weight is 303 g/mol. The Kier molecular flexibility index (Phi) is 4.10. The molecule has 0 saturated carbocycles. The number of rotatable bonds is 3. The summed E-state index contributed by atoms with van der Waals surface area (Å²) in [4.78, 5) is 15.4. The fourth-order valence-electron chi connectivity index (χ4n) is 1.89. The molecule has 2 aromatic rings. The van der Waals surface area contributed by atoms with Gasteiger partial charge in [0.2, 0.25) is 0 Å². The first kappa shape index (κ1) is 14.8. The second-order valence-electron chi connectivity index (χ2n) is 4.38. The Morgan fingerprint density at radius 1 is 1.33 bits per heavy atom. The summed E-state index contributed by atoms with van der Waals surface area (Å²) in [6, 6.07) is 7.88. The minimum absolute atomic E-state index is 0.0708. The fraction of sp³-hybridized carbons (Fsp3) is 0.133. The van der Waals surface area contributed by atoms with Gasteiger partial charge in [0.15, 0.2) is 0 Å². The SMILES string of the molecule is Cc1cc(Oc2ccc(Cl)cc2C(=O)O)c(C#N)c(C)n1. The van der Waals surface area contributed by atoms with Crippen LogP contribution in [0.15, 0.2) is 24.3 Å². The van der Waals surface area contributed by atoms with Crippen LogP contribution in [0.3, 0.4) is 0 Å². The first-order valence-corrected chi connectivity index (χ1v) is 6.39. The average Bonchev–Trinajstić information content (AvgIpc) is 2.40. The topological polar surface area (TPSA) is 83.2 Å². The number of hydrogen-bond donors (Lipinski definition) is 1. The molecule has 1 N–H and O–H groups in total. The minimum Gasteiger partial charge on any atom is -0.478 e. The molecule has 2 rings (SSSR count). The quantitative estimate of drug-likeness (QED) is 0.934. The van der Waals surface area contributed by atoms with Crippen LogP contribution >= 0.6 is 11.6 Å². The zero-order chi connectivity index (χ0) is 15.6. The lowest BCUT2D eigenvalue weighted by Crippen LogP contribution is -2.02. The molecule has 1 aromatic carbocycles. The molecule has 106 valence electrons. The van der Waals surface area contributed by atoms with Crippen LogP contribution in [0.1, 0.15) is 27.3 Å². The Labute approximate surface area is 126 Å². The van der Waals surface area contributed by atoms with Gasteiger partial charge in [-0.15, -0.1) is 0 Å². The van der Waals surface area contributed by atoms with Crippen LogP contribution in [-0.4, -0.2) is 16.1 Å². The van der Waals surface area contributed by atoms with Gasteiger partial charge in [-0.1, -0.05) is 11.6 Å². The van der Waals surface area contributed by atoms with Crippen molar-refractivity contribution >= 4 is 17.6 Å². The van der Waals surface area contributed by atoms with Crippen LogP contribution in [0.4, 0.5) is 0 Å².